The van der Waals surface area contributed by atoms with Crippen LogP contribution < -0.4 is 10.5 Å². The van der Waals surface area contributed by atoms with Gasteiger partial charge in [-0.2, -0.15) is 0 Å². The van der Waals surface area contributed by atoms with Crippen LogP contribution in [0.1, 0.15) is 27.5 Å². The molecule has 0 aliphatic heterocycles. The number of aromatic nitrogens is 1. The van der Waals surface area contributed by atoms with Crippen molar-refractivity contribution in [3.05, 3.63) is 32.8 Å². The third kappa shape index (κ3) is 2.78. The van der Waals surface area contributed by atoms with Crippen LogP contribution in [0.15, 0.2) is 14.8 Å². The number of nitrogens with zero attached hydrogens (tertiary/aromatic N) is 1. The van der Waals surface area contributed by atoms with Crippen LogP contribution in [-0.2, 0) is 23.1 Å². The van der Waals surface area contributed by atoms with Gasteiger partial charge in [0.1, 0.15) is 10.7 Å². The van der Waals surface area contributed by atoms with Gasteiger partial charge >= 0.3 is 0 Å². The topological polar surface area (TPSA) is 98.2 Å². The molecule has 0 aliphatic rings. The lowest BCUT2D eigenvalue weighted by Crippen LogP contribution is -2.25. The number of hydrogen-bond donors (Lipinski definition) is 2. The van der Waals surface area contributed by atoms with E-state index in [0.29, 0.717) is 21.9 Å². The van der Waals surface area contributed by atoms with Gasteiger partial charge in [-0.05, 0) is 31.7 Å². The standard InChI is InChI=1S/C12H17N3O3S2/c1-7-6-19-11(4-13)12(7)20(16,17)14-5-10-8(2)15-18-9(10)3/h6,14H,4-5,13H2,1-3H3. The monoisotopic (exact) mass is 315 g/mol. The maximum Gasteiger partial charge on any atom is 0.242 e. The number of sulfonamides is 1. The van der Waals surface area contributed by atoms with Crippen molar-refractivity contribution in [3.63, 3.8) is 0 Å². The zero-order chi connectivity index (χ0) is 14.9. The second-order valence-electron chi connectivity index (χ2n) is 4.50. The number of nitrogens with one attached hydrogen (secondary N) is 1. The molecule has 2 aromatic heterocycles. The Kier molecular flexibility index (Phi) is 4.28. The first-order chi connectivity index (χ1) is 9.36. The summed E-state index contributed by atoms with van der Waals surface area (Å²) in [6.45, 7) is 5.66. The van der Waals surface area contributed by atoms with E-state index in [4.69, 9.17) is 10.3 Å². The molecule has 0 amide bonds. The number of hydrogen-bond acceptors (Lipinski definition) is 6. The van der Waals surface area contributed by atoms with Crippen molar-refractivity contribution >= 4 is 21.4 Å². The molecule has 0 aromatic carbocycles. The molecule has 0 radical (unpaired) electrons. The van der Waals surface area contributed by atoms with Gasteiger partial charge in [-0.15, -0.1) is 11.3 Å². The fourth-order valence-electron chi connectivity index (χ4n) is 1.98. The predicted molar refractivity (Wildman–Crippen MR) is 76.9 cm³/mol. The molecule has 2 heterocycles. The first-order valence-corrected chi connectivity index (χ1v) is 8.41. The summed E-state index contributed by atoms with van der Waals surface area (Å²) < 4.78 is 32.4. The van der Waals surface area contributed by atoms with E-state index in [0.717, 1.165) is 5.56 Å². The first-order valence-electron chi connectivity index (χ1n) is 6.05. The molecule has 2 rings (SSSR count). The van der Waals surface area contributed by atoms with Gasteiger partial charge in [0.2, 0.25) is 10.0 Å². The van der Waals surface area contributed by atoms with E-state index in [1.165, 1.54) is 11.3 Å². The minimum absolute atomic E-state index is 0.156. The summed E-state index contributed by atoms with van der Waals surface area (Å²) >= 11 is 1.36. The van der Waals surface area contributed by atoms with Crippen LogP contribution in [0, 0.1) is 20.8 Å². The minimum Gasteiger partial charge on any atom is -0.361 e. The van der Waals surface area contributed by atoms with Crippen LogP contribution in [0.25, 0.3) is 0 Å². The number of rotatable bonds is 5. The van der Waals surface area contributed by atoms with Gasteiger partial charge < -0.3 is 10.3 Å². The van der Waals surface area contributed by atoms with Gasteiger partial charge in [-0.1, -0.05) is 5.16 Å². The van der Waals surface area contributed by atoms with E-state index in [-0.39, 0.29) is 18.0 Å². The Morgan fingerprint density at radius 3 is 2.65 bits per heavy atom. The van der Waals surface area contributed by atoms with E-state index in [2.05, 4.69) is 9.88 Å². The molecular weight excluding hydrogens is 298 g/mol. The van der Waals surface area contributed by atoms with Gasteiger partial charge in [0.15, 0.2) is 0 Å². The molecule has 3 N–H and O–H groups in total. The normalized spacial score (nSPS) is 12.0. The Morgan fingerprint density at radius 1 is 1.40 bits per heavy atom. The highest BCUT2D eigenvalue weighted by atomic mass is 32.2. The largest absolute Gasteiger partial charge is 0.361 e. The lowest BCUT2D eigenvalue weighted by atomic mass is 10.2. The molecule has 8 heteroatoms. The fraction of sp³-hybridized carbons (Fsp3) is 0.417. The SMILES string of the molecule is Cc1csc(CN)c1S(=O)(=O)NCc1c(C)noc1C. The van der Waals surface area contributed by atoms with Gasteiger partial charge in [0, 0.05) is 23.5 Å². The highest BCUT2D eigenvalue weighted by molar-refractivity contribution is 7.89. The van der Waals surface area contributed by atoms with E-state index >= 15 is 0 Å². The van der Waals surface area contributed by atoms with Crippen molar-refractivity contribution in [2.45, 2.75) is 38.8 Å². The third-order valence-electron chi connectivity index (χ3n) is 3.06. The molecule has 0 aliphatic carbocycles. The number of nitrogens with two attached hydrogens (primary N) is 1. The molecule has 0 saturated heterocycles. The van der Waals surface area contributed by atoms with Crippen molar-refractivity contribution in [2.75, 3.05) is 0 Å². The summed E-state index contributed by atoms with van der Waals surface area (Å²) in [5.41, 5.74) is 7.75. The van der Waals surface area contributed by atoms with E-state index in [1.807, 2.05) is 0 Å². The van der Waals surface area contributed by atoms with Crippen LogP contribution in [0.4, 0.5) is 0 Å². The lowest BCUT2D eigenvalue weighted by molar-refractivity contribution is 0.392. The Morgan fingerprint density at radius 2 is 2.10 bits per heavy atom. The van der Waals surface area contributed by atoms with Crippen molar-refractivity contribution in [3.8, 4) is 0 Å². The zero-order valence-electron chi connectivity index (χ0n) is 11.6. The molecule has 2 aromatic rings. The third-order valence-corrected chi connectivity index (χ3v) is 5.95. The smallest absolute Gasteiger partial charge is 0.242 e. The van der Waals surface area contributed by atoms with Crippen LogP contribution >= 0.6 is 11.3 Å². The molecule has 6 nitrogen and oxygen atoms in total. The molecule has 0 saturated carbocycles. The maximum atomic E-state index is 12.4. The second kappa shape index (κ2) is 5.65. The Hall–Kier alpha value is -1.22. The molecular formula is C12H17N3O3S2. The summed E-state index contributed by atoms with van der Waals surface area (Å²) in [5.74, 6) is 0.617. The number of aryl methyl sites for hydroxylation is 3. The van der Waals surface area contributed by atoms with Crippen LogP contribution in [-0.4, -0.2) is 13.6 Å². The van der Waals surface area contributed by atoms with E-state index < -0.39 is 10.0 Å². The Balaban J connectivity index is 2.26. The van der Waals surface area contributed by atoms with Crippen molar-refractivity contribution in [1.82, 2.24) is 9.88 Å². The summed E-state index contributed by atoms with van der Waals surface area (Å²) in [4.78, 5) is 0.950. The lowest BCUT2D eigenvalue weighted by Gasteiger charge is -2.08. The van der Waals surface area contributed by atoms with Gasteiger partial charge in [-0.25, -0.2) is 13.1 Å². The zero-order valence-corrected chi connectivity index (χ0v) is 13.2. The highest BCUT2D eigenvalue weighted by Crippen LogP contribution is 2.26. The molecule has 0 fully saturated rings. The van der Waals surface area contributed by atoms with Gasteiger partial charge in [0.05, 0.1) is 5.69 Å². The average Bonchev–Trinajstić information content (AvgIpc) is 2.91. The predicted octanol–water partition coefficient (Wildman–Crippen LogP) is 1.60. The molecule has 0 bridgehead atoms. The molecule has 0 spiro atoms. The fourth-order valence-corrected chi connectivity index (χ4v) is 4.68. The van der Waals surface area contributed by atoms with Crippen molar-refractivity contribution in [2.24, 2.45) is 5.73 Å². The van der Waals surface area contributed by atoms with Crippen molar-refractivity contribution < 1.29 is 12.9 Å². The maximum absolute atomic E-state index is 12.4. The average molecular weight is 315 g/mol. The summed E-state index contributed by atoms with van der Waals surface area (Å²) in [6, 6.07) is 0. The van der Waals surface area contributed by atoms with E-state index in [1.54, 1.807) is 26.2 Å². The van der Waals surface area contributed by atoms with Crippen LogP contribution in [0.5, 0.6) is 0 Å². The number of thiophene rings is 1. The van der Waals surface area contributed by atoms with Gasteiger partial charge in [-0.3, -0.25) is 0 Å². The highest BCUT2D eigenvalue weighted by Gasteiger charge is 2.23. The van der Waals surface area contributed by atoms with Crippen LogP contribution in [0.2, 0.25) is 0 Å². The van der Waals surface area contributed by atoms with Crippen LogP contribution in [0.3, 0.4) is 0 Å². The molecule has 110 valence electrons. The minimum atomic E-state index is -3.59. The van der Waals surface area contributed by atoms with E-state index in [9.17, 15) is 8.42 Å². The Bertz CT molecular complexity index is 697. The molecule has 0 atom stereocenters. The van der Waals surface area contributed by atoms with Crippen molar-refractivity contribution in [1.29, 1.82) is 0 Å². The Labute approximate surface area is 122 Å². The molecule has 0 unspecified atom stereocenters. The second-order valence-corrected chi connectivity index (χ2v) is 7.17. The summed E-state index contributed by atoms with van der Waals surface area (Å²) in [6.07, 6.45) is 0. The first kappa shape index (κ1) is 15.2. The van der Waals surface area contributed by atoms with Gasteiger partial charge in [0.25, 0.3) is 0 Å². The quantitative estimate of drug-likeness (QED) is 0.873. The summed E-state index contributed by atoms with van der Waals surface area (Å²) in [5, 5.41) is 5.60. The molecule has 20 heavy (non-hydrogen) atoms. The summed E-state index contributed by atoms with van der Waals surface area (Å²) in [7, 11) is -3.59.